The van der Waals surface area contributed by atoms with Crippen molar-refractivity contribution in [1.29, 1.82) is 0 Å². The summed E-state index contributed by atoms with van der Waals surface area (Å²) in [5.41, 5.74) is 6.74. The number of aromatic nitrogens is 2. The first-order valence-electron chi connectivity index (χ1n) is 4.60. The van der Waals surface area contributed by atoms with Crippen LogP contribution in [0.3, 0.4) is 0 Å². The fourth-order valence-corrected chi connectivity index (χ4v) is 1.91. The van der Waals surface area contributed by atoms with Gasteiger partial charge in [-0.2, -0.15) is 5.10 Å². The van der Waals surface area contributed by atoms with Gasteiger partial charge in [-0.3, -0.25) is 0 Å². The number of hydrogen-bond acceptors (Lipinski definition) is 3. The van der Waals surface area contributed by atoms with Gasteiger partial charge in [0.1, 0.15) is 0 Å². The number of benzene rings is 1. The fraction of sp³-hybridized carbons (Fsp3) is 0. The van der Waals surface area contributed by atoms with Crippen molar-refractivity contribution in [3.63, 3.8) is 0 Å². The first-order chi connectivity index (χ1) is 8.11. The highest BCUT2D eigenvalue weighted by Crippen LogP contribution is 2.21. The Morgan fingerprint density at radius 3 is 2.82 bits per heavy atom. The summed E-state index contributed by atoms with van der Waals surface area (Å²) in [6.07, 6.45) is 3.47. The van der Waals surface area contributed by atoms with Crippen molar-refractivity contribution >= 4 is 33.4 Å². The lowest BCUT2D eigenvalue weighted by Crippen LogP contribution is -2.13. The fourth-order valence-electron chi connectivity index (χ4n) is 1.35. The molecule has 0 aliphatic heterocycles. The van der Waals surface area contributed by atoms with E-state index >= 15 is 0 Å². The van der Waals surface area contributed by atoms with Crippen molar-refractivity contribution in [3.05, 3.63) is 45.7 Å². The third-order valence-corrected chi connectivity index (χ3v) is 2.87. The van der Waals surface area contributed by atoms with Gasteiger partial charge in [-0.05, 0) is 34.1 Å². The van der Waals surface area contributed by atoms with E-state index in [1.165, 1.54) is 0 Å². The van der Waals surface area contributed by atoms with Crippen molar-refractivity contribution in [2.24, 2.45) is 10.9 Å². The molecular formula is C10H8BrClN4O. The lowest BCUT2D eigenvalue weighted by Gasteiger charge is -2.05. The Hall–Kier alpha value is -1.53. The molecule has 1 aromatic carbocycles. The topological polar surface area (TPSA) is 76.4 Å². The molecule has 0 atom stereocenters. The minimum atomic E-state index is -0.0248. The maximum Gasteiger partial charge on any atom is 0.171 e. The lowest BCUT2D eigenvalue weighted by atomic mass is 10.2. The van der Waals surface area contributed by atoms with E-state index in [9.17, 15) is 0 Å². The molecule has 0 bridgehead atoms. The normalized spacial score (nSPS) is 11.8. The van der Waals surface area contributed by atoms with Crippen LogP contribution in [0.1, 0.15) is 5.56 Å². The van der Waals surface area contributed by atoms with Gasteiger partial charge in [0.15, 0.2) is 5.84 Å². The van der Waals surface area contributed by atoms with E-state index in [2.05, 4.69) is 26.2 Å². The van der Waals surface area contributed by atoms with Crippen molar-refractivity contribution in [1.82, 2.24) is 9.78 Å². The molecule has 0 saturated carbocycles. The number of hydrogen-bond donors (Lipinski definition) is 2. The van der Waals surface area contributed by atoms with Crippen LogP contribution in [-0.4, -0.2) is 20.8 Å². The molecule has 5 nitrogen and oxygen atoms in total. The standard InChI is InChI=1S/C10H8BrClN4O/c11-6-4-14-16(5-6)7-1-2-8(9(12)3-7)10(13)15-17/h1-5,17H,(H2,13,15). The lowest BCUT2D eigenvalue weighted by molar-refractivity contribution is 0.318. The molecule has 0 radical (unpaired) electrons. The summed E-state index contributed by atoms with van der Waals surface area (Å²) in [5, 5.41) is 16.0. The van der Waals surface area contributed by atoms with Crippen LogP contribution in [0.4, 0.5) is 0 Å². The molecule has 17 heavy (non-hydrogen) atoms. The van der Waals surface area contributed by atoms with Crippen LogP contribution in [0.2, 0.25) is 5.02 Å². The SMILES string of the molecule is N/C(=N/O)c1ccc(-n2cc(Br)cn2)cc1Cl. The Kier molecular flexibility index (Phi) is 3.35. The third-order valence-electron chi connectivity index (χ3n) is 2.15. The average molecular weight is 316 g/mol. The summed E-state index contributed by atoms with van der Waals surface area (Å²) in [5.74, 6) is -0.0248. The Bertz CT molecular complexity index is 581. The molecule has 2 rings (SSSR count). The van der Waals surface area contributed by atoms with Crippen LogP contribution >= 0.6 is 27.5 Å². The van der Waals surface area contributed by atoms with Gasteiger partial charge in [0.25, 0.3) is 0 Å². The van der Waals surface area contributed by atoms with Crippen molar-refractivity contribution in [2.75, 3.05) is 0 Å². The zero-order valence-corrected chi connectivity index (χ0v) is 10.9. The first-order valence-corrected chi connectivity index (χ1v) is 5.77. The van der Waals surface area contributed by atoms with Gasteiger partial charge >= 0.3 is 0 Å². The molecule has 0 spiro atoms. The minimum absolute atomic E-state index is 0.0248. The molecule has 0 aliphatic rings. The van der Waals surface area contributed by atoms with Crippen LogP contribution < -0.4 is 5.73 Å². The van der Waals surface area contributed by atoms with Crippen molar-refractivity contribution < 1.29 is 5.21 Å². The number of halogens is 2. The summed E-state index contributed by atoms with van der Waals surface area (Å²) in [6.45, 7) is 0. The maximum absolute atomic E-state index is 8.58. The molecule has 0 fully saturated rings. The molecule has 1 aromatic heterocycles. The molecular weight excluding hydrogens is 307 g/mol. The van der Waals surface area contributed by atoms with Crippen LogP contribution in [0.25, 0.3) is 5.69 Å². The van der Waals surface area contributed by atoms with Crippen LogP contribution in [0.5, 0.6) is 0 Å². The summed E-state index contributed by atoms with van der Waals surface area (Å²) < 4.78 is 2.53. The number of rotatable bonds is 2. The largest absolute Gasteiger partial charge is 0.409 e. The van der Waals surface area contributed by atoms with Gasteiger partial charge in [-0.15, -0.1) is 0 Å². The summed E-state index contributed by atoms with van der Waals surface area (Å²) in [4.78, 5) is 0. The van der Waals surface area contributed by atoms with Crippen LogP contribution in [0.15, 0.2) is 40.2 Å². The second-order valence-electron chi connectivity index (χ2n) is 3.25. The average Bonchev–Trinajstić information content (AvgIpc) is 2.75. The summed E-state index contributed by atoms with van der Waals surface area (Å²) in [7, 11) is 0. The minimum Gasteiger partial charge on any atom is -0.409 e. The molecule has 2 aromatic rings. The Morgan fingerprint density at radius 2 is 2.29 bits per heavy atom. The molecule has 0 amide bonds. The van der Waals surface area contributed by atoms with E-state index in [0.29, 0.717) is 10.6 Å². The molecule has 88 valence electrons. The van der Waals surface area contributed by atoms with Gasteiger partial charge in [0, 0.05) is 11.8 Å². The quantitative estimate of drug-likeness (QED) is 0.387. The predicted molar refractivity (Wildman–Crippen MR) is 68.8 cm³/mol. The van der Waals surface area contributed by atoms with Gasteiger partial charge in [-0.25, -0.2) is 4.68 Å². The van der Waals surface area contributed by atoms with Gasteiger partial charge in [-0.1, -0.05) is 16.8 Å². The Morgan fingerprint density at radius 1 is 1.53 bits per heavy atom. The Balaban J connectivity index is 2.44. The van der Waals surface area contributed by atoms with Crippen LogP contribution in [0, 0.1) is 0 Å². The van der Waals surface area contributed by atoms with E-state index < -0.39 is 0 Å². The highest BCUT2D eigenvalue weighted by atomic mass is 79.9. The van der Waals surface area contributed by atoms with E-state index in [1.807, 2.05) is 0 Å². The second-order valence-corrected chi connectivity index (χ2v) is 4.58. The van der Waals surface area contributed by atoms with Crippen LogP contribution in [-0.2, 0) is 0 Å². The summed E-state index contributed by atoms with van der Waals surface area (Å²) in [6, 6.07) is 5.13. The Labute approximate surface area is 111 Å². The zero-order chi connectivity index (χ0) is 12.4. The van der Waals surface area contributed by atoms with Gasteiger partial charge < -0.3 is 10.9 Å². The number of nitrogens with zero attached hydrogens (tertiary/aromatic N) is 3. The monoisotopic (exact) mass is 314 g/mol. The highest BCUT2D eigenvalue weighted by Gasteiger charge is 2.07. The summed E-state index contributed by atoms with van der Waals surface area (Å²) >= 11 is 9.34. The zero-order valence-electron chi connectivity index (χ0n) is 8.51. The van der Waals surface area contributed by atoms with E-state index in [-0.39, 0.29) is 5.84 Å². The molecule has 3 N–H and O–H groups in total. The van der Waals surface area contributed by atoms with E-state index in [0.717, 1.165) is 10.2 Å². The van der Waals surface area contributed by atoms with Crippen molar-refractivity contribution in [3.8, 4) is 5.69 Å². The molecule has 1 heterocycles. The van der Waals surface area contributed by atoms with Gasteiger partial charge in [0.05, 0.1) is 21.4 Å². The van der Waals surface area contributed by atoms with Crippen molar-refractivity contribution in [2.45, 2.75) is 0 Å². The highest BCUT2D eigenvalue weighted by molar-refractivity contribution is 9.10. The first kappa shape index (κ1) is 11.9. The second kappa shape index (κ2) is 4.77. The molecule has 7 heteroatoms. The number of nitrogens with two attached hydrogens (primary N) is 1. The molecule has 0 aliphatic carbocycles. The van der Waals surface area contributed by atoms with E-state index in [1.54, 1.807) is 35.3 Å². The number of amidine groups is 1. The van der Waals surface area contributed by atoms with Gasteiger partial charge in [0.2, 0.25) is 0 Å². The van der Waals surface area contributed by atoms with E-state index in [4.69, 9.17) is 22.5 Å². The third kappa shape index (κ3) is 2.42. The predicted octanol–water partition coefficient (Wildman–Crippen LogP) is 2.38. The number of oxime groups is 1. The molecule has 0 saturated heterocycles. The smallest absolute Gasteiger partial charge is 0.171 e. The molecule has 0 unspecified atom stereocenters. The maximum atomic E-state index is 8.58.